The Morgan fingerprint density at radius 3 is 2.34 bits per heavy atom. The van der Waals surface area contributed by atoms with Gasteiger partial charge in [-0.1, -0.05) is 65.1 Å². The van der Waals surface area contributed by atoms with Crippen LogP contribution in [0.1, 0.15) is 30.4 Å². The second-order valence-electron chi connectivity index (χ2n) is 9.99. The monoisotopic (exact) mass is 614 g/mol. The number of hydrogen-bond donors (Lipinski definition) is 1. The Balaban J connectivity index is 1.28. The molecular weight excluding hydrogens is 587 g/mol. The third-order valence-corrected chi connectivity index (χ3v) is 8.32. The van der Waals surface area contributed by atoms with Crippen molar-refractivity contribution < 1.29 is 23.8 Å². The van der Waals surface area contributed by atoms with Crippen molar-refractivity contribution in [2.24, 2.45) is 5.73 Å². The molecule has 1 aliphatic carbocycles. The molecule has 1 fully saturated rings. The summed E-state index contributed by atoms with van der Waals surface area (Å²) in [5.74, 6) is 0.352. The van der Waals surface area contributed by atoms with Crippen molar-refractivity contribution in [3.8, 4) is 11.5 Å². The predicted octanol–water partition coefficient (Wildman–Crippen LogP) is 6.33. The smallest absolute Gasteiger partial charge is 0.335 e. The average Bonchev–Trinajstić information content (AvgIpc) is 3.79. The number of carbonyl (C=O) groups excluding carboxylic acids is 2. The normalized spacial score (nSPS) is 16.3. The van der Waals surface area contributed by atoms with Gasteiger partial charge in [0.15, 0.2) is 0 Å². The first-order valence-corrected chi connectivity index (χ1v) is 14.4. The van der Waals surface area contributed by atoms with Crippen molar-refractivity contribution in [2.75, 3.05) is 26.3 Å². The summed E-state index contributed by atoms with van der Waals surface area (Å²) in [6.07, 6.45) is 1.96. The lowest BCUT2D eigenvalue weighted by atomic mass is 9.92. The van der Waals surface area contributed by atoms with Crippen LogP contribution in [0.5, 0.6) is 11.5 Å². The fourth-order valence-electron chi connectivity index (χ4n) is 4.97. The maximum absolute atomic E-state index is 13.4. The molecule has 0 aromatic heterocycles. The summed E-state index contributed by atoms with van der Waals surface area (Å²) in [6, 6.07) is 19.8. The molecule has 0 unspecified atom stereocenters. The minimum absolute atomic E-state index is 0.0471. The molecule has 1 heterocycles. The summed E-state index contributed by atoms with van der Waals surface area (Å²) in [6.45, 7) is 1.52. The zero-order chi connectivity index (χ0) is 29.0. The van der Waals surface area contributed by atoms with Crippen molar-refractivity contribution in [3.05, 3.63) is 98.5 Å². The third kappa shape index (κ3) is 6.81. The molecule has 2 N–H and O–H groups in total. The zero-order valence-electron chi connectivity index (χ0n) is 22.2. The number of rotatable bonds is 11. The highest BCUT2D eigenvalue weighted by Gasteiger charge is 2.54. The molecule has 5 rings (SSSR count). The van der Waals surface area contributed by atoms with E-state index in [1.807, 2.05) is 47.4 Å². The molecule has 41 heavy (non-hydrogen) atoms. The standard InChI is InChI=1S/C31H29Cl3N2O5/c32-22-7-10-27(34)28(17-22)40-16-15-39-23-8-5-20(6-9-23)24-11-14-36(31(12-13-31)30(35)38)18-25(24)29(37)41-19-21-3-1-2-4-26(21)33/h1-10,17H,11-16,18-19H2,(H2,35,38). The van der Waals surface area contributed by atoms with Gasteiger partial charge < -0.3 is 19.9 Å². The third-order valence-electron chi connectivity index (χ3n) is 7.40. The van der Waals surface area contributed by atoms with Gasteiger partial charge in [-0.25, -0.2) is 4.79 Å². The molecule has 1 amide bonds. The van der Waals surface area contributed by atoms with Gasteiger partial charge in [0.25, 0.3) is 0 Å². The van der Waals surface area contributed by atoms with Crippen molar-refractivity contribution in [1.82, 2.24) is 4.90 Å². The number of amides is 1. The number of carbonyl (C=O) groups is 2. The van der Waals surface area contributed by atoms with E-state index in [4.69, 9.17) is 54.7 Å². The van der Waals surface area contributed by atoms with E-state index in [0.717, 1.165) is 16.7 Å². The molecule has 2 aliphatic rings. The molecular formula is C31H29Cl3N2O5. The lowest BCUT2D eigenvalue weighted by Gasteiger charge is -2.35. The Morgan fingerprint density at radius 2 is 1.63 bits per heavy atom. The number of hydrogen-bond acceptors (Lipinski definition) is 6. The molecule has 0 atom stereocenters. The average molecular weight is 616 g/mol. The highest BCUT2D eigenvalue weighted by molar-refractivity contribution is 6.34. The highest BCUT2D eigenvalue weighted by Crippen LogP contribution is 2.44. The van der Waals surface area contributed by atoms with E-state index in [1.54, 1.807) is 24.3 Å². The second kappa shape index (κ2) is 12.7. The van der Waals surface area contributed by atoms with Crippen LogP contribution in [0.25, 0.3) is 5.57 Å². The van der Waals surface area contributed by atoms with Crippen molar-refractivity contribution in [3.63, 3.8) is 0 Å². The molecule has 0 saturated heterocycles. The number of ether oxygens (including phenoxy) is 3. The van der Waals surface area contributed by atoms with Gasteiger partial charge in [-0.15, -0.1) is 0 Å². The first-order valence-electron chi connectivity index (χ1n) is 13.3. The van der Waals surface area contributed by atoms with Crippen LogP contribution in [0, 0.1) is 0 Å². The van der Waals surface area contributed by atoms with E-state index in [0.29, 0.717) is 64.6 Å². The van der Waals surface area contributed by atoms with Crippen molar-refractivity contribution in [2.45, 2.75) is 31.4 Å². The van der Waals surface area contributed by atoms with E-state index in [2.05, 4.69) is 0 Å². The van der Waals surface area contributed by atoms with Crippen molar-refractivity contribution >= 4 is 52.3 Å². The molecule has 0 spiro atoms. The van der Waals surface area contributed by atoms with Gasteiger partial charge in [-0.2, -0.15) is 0 Å². The predicted molar refractivity (Wildman–Crippen MR) is 159 cm³/mol. The first-order chi connectivity index (χ1) is 19.8. The maximum Gasteiger partial charge on any atom is 0.335 e. The first kappa shape index (κ1) is 29.3. The van der Waals surface area contributed by atoms with Crippen LogP contribution in [0.3, 0.4) is 0 Å². The van der Waals surface area contributed by atoms with E-state index in [-0.39, 0.29) is 25.7 Å². The molecule has 0 radical (unpaired) electrons. The number of halogens is 3. The summed E-state index contributed by atoms with van der Waals surface area (Å²) >= 11 is 18.4. The van der Waals surface area contributed by atoms with Crippen molar-refractivity contribution in [1.29, 1.82) is 0 Å². The Bertz CT molecular complexity index is 1470. The number of benzene rings is 3. The largest absolute Gasteiger partial charge is 0.490 e. The molecule has 7 nitrogen and oxygen atoms in total. The summed E-state index contributed by atoms with van der Waals surface area (Å²) in [5, 5.41) is 1.54. The molecule has 214 valence electrons. The SMILES string of the molecule is NC(=O)C1(N2CCC(c3ccc(OCCOc4cc(Cl)ccc4Cl)cc3)=C(C(=O)OCc3ccccc3Cl)C2)CC1. The zero-order valence-corrected chi connectivity index (χ0v) is 24.5. The minimum Gasteiger partial charge on any atom is -0.490 e. The molecule has 1 aliphatic heterocycles. The van der Waals surface area contributed by atoms with E-state index in [9.17, 15) is 9.59 Å². The fourth-order valence-corrected chi connectivity index (χ4v) is 5.49. The van der Waals surface area contributed by atoms with Crippen LogP contribution in [-0.4, -0.2) is 48.6 Å². The van der Waals surface area contributed by atoms with E-state index in [1.165, 1.54) is 0 Å². The number of primary amides is 1. The number of esters is 1. The minimum atomic E-state index is -0.686. The number of nitrogens with two attached hydrogens (primary N) is 1. The van der Waals surface area contributed by atoms with Crippen LogP contribution in [0.15, 0.2) is 72.3 Å². The van der Waals surface area contributed by atoms with Gasteiger partial charge >= 0.3 is 5.97 Å². The van der Waals surface area contributed by atoms with Gasteiger partial charge in [-0.3, -0.25) is 9.69 Å². The lowest BCUT2D eigenvalue weighted by molar-refractivity contribution is -0.141. The fraction of sp³-hybridized carbons (Fsp3) is 0.290. The molecule has 10 heteroatoms. The van der Waals surface area contributed by atoms with Crippen LogP contribution >= 0.6 is 34.8 Å². The van der Waals surface area contributed by atoms with E-state index >= 15 is 0 Å². The molecule has 0 bridgehead atoms. The summed E-state index contributed by atoms with van der Waals surface area (Å²) in [5.41, 5.74) is 8.03. The number of nitrogens with zero attached hydrogens (tertiary/aromatic N) is 1. The van der Waals surface area contributed by atoms with Gasteiger partial charge in [0.2, 0.25) is 5.91 Å². The maximum atomic E-state index is 13.4. The summed E-state index contributed by atoms with van der Waals surface area (Å²) in [7, 11) is 0. The second-order valence-corrected chi connectivity index (χ2v) is 11.2. The highest BCUT2D eigenvalue weighted by atomic mass is 35.5. The molecule has 1 saturated carbocycles. The Kier molecular flexibility index (Phi) is 9.09. The quantitative estimate of drug-likeness (QED) is 0.200. The van der Waals surface area contributed by atoms with Crippen LogP contribution < -0.4 is 15.2 Å². The Hall–Kier alpha value is -3.23. The van der Waals surface area contributed by atoms with Crippen LogP contribution in [0.2, 0.25) is 15.1 Å². The van der Waals surface area contributed by atoms with Crippen LogP contribution in [0.4, 0.5) is 0 Å². The van der Waals surface area contributed by atoms with E-state index < -0.39 is 11.5 Å². The Morgan fingerprint density at radius 1 is 0.902 bits per heavy atom. The van der Waals surface area contributed by atoms with Gasteiger partial charge in [-0.05, 0) is 60.7 Å². The summed E-state index contributed by atoms with van der Waals surface area (Å²) < 4.78 is 17.2. The van der Waals surface area contributed by atoms with Gasteiger partial charge in [0.05, 0.1) is 10.6 Å². The van der Waals surface area contributed by atoms with Crippen LogP contribution in [-0.2, 0) is 20.9 Å². The Labute approximate surface area is 253 Å². The van der Waals surface area contributed by atoms with Gasteiger partial charge in [0.1, 0.15) is 36.9 Å². The summed E-state index contributed by atoms with van der Waals surface area (Å²) in [4.78, 5) is 27.6. The van der Waals surface area contributed by atoms with Gasteiger partial charge in [0, 0.05) is 34.8 Å². The lowest BCUT2D eigenvalue weighted by Crippen LogP contribution is -2.50. The molecule has 3 aromatic rings. The topological polar surface area (TPSA) is 91.1 Å². The molecule has 3 aromatic carbocycles.